The molecule has 26 heavy (non-hydrogen) atoms. The van der Waals surface area contributed by atoms with Crippen LogP contribution in [0.5, 0.6) is 0 Å². The zero-order chi connectivity index (χ0) is 18.5. The van der Waals surface area contributed by atoms with Gasteiger partial charge in [0.15, 0.2) is 11.7 Å². The summed E-state index contributed by atoms with van der Waals surface area (Å²) in [6, 6.07) is 15.7. The summed E-state index contributed by atoms with van der Waals surface area (Å²) in [5.41, 5.74) is 1.42. The van der Waals surface area contributed by atoms with Crippen molar-refractivity contribution in [1.82, 2.24) is 4.98 Å². The van der Waals surface area contributed by atoms with E-state index in [0.717, 1.165) is 10.2 Å². The second-order valence-corrected chi connectivity index (χ2v) is 6.38. The molecule has 0 spiro atoms. The Labute approximate surface area is 154 Å². The highest BCUT2D eigenvalue weighted by atomic mass is 32.1. The molecule has 6 nitrogen and oxygen atoms in total. The largest absolute Gasteiger partial charge is 0.452 e. The molecule has 7 heteroatoms. The Balaban J connectivity index is 1.69. The summed E-state index contributed by atoms with van der Waals surface area (Å²) in [5.74, 6) is -0.993. The third-order valence-corrected chi connectivity index (χ3v) is 4.74. The van der Waals surface area contributed by atoms with E-state index in [-0.39, 0.29) is 18.1 Å². The van der Waals surface area contributed by atoms with Crippen LogP contribution in [0.1, 0.15) is 22.8 Å². The Morgan fingerprint density at radius 3 is 2.77 bits per heavy atom. The smallest absolute Gasteiger partial charge is 0.338 e. The summed E-state index contributed by atoms with van der Waals surface area (Å²) < 4.78 is 6.09. The molecule has 2 aromatic carbocycles. The van der Waals surface area contributed by atoms with Gasteiger partial charge in [-0.15, -0.1) is 0 Å². The molecule has 130 valence electrons. The minimum absolute atomic E-state index is 0.236. The van der Waals surface area contributed by atoms with Crippen molar-refractivity contribution in [3.63, 3.8) is 0 Å². The zero-order valence-electron chi connectivity index (χ0n) is 14.0. The summed E-state index contributed by atoms with van der Waals surface area (Å²) in [7, 11) is 0. The number of hydrogen-bond acceptors (Lipinski definition) is 6. The van der Waals surface area contributed by atoms with E-state index in [4.69, 9.17) is 10.00 Å². The predicted octanol–water partition coefficient (Wildman–Crippen LogP) is 3.38. The van der Waals surface area contributed by atoms with Gasteiger partial charge in [-0.1, -0.05) is 29.5 Å². The number of amides is 1. The Hall–Kier alpha value is -3.24. The fraction of sp³-hybridized carbons (Fsp3) is 0.158. The van der Waals surface area contributed by atoms with Crippen molar-refractivity contribution in [2.75, 3.05) is 18.1 Å². The highest BCUT2D eigenvalue weighted by Crippen LogP contribution is 2.28. The molecular formula is C19H15N3O3S. The SMILES string of the molecule is CCN(C(=O)COC(=O)c1cccc(C#N)c1)c1nc2ccccc2s1. The van der Waals surface area contributed by atoms with Gasteiger partial charge in [0, 0.05) is 6.54 Å². The minimum Gasteiger partial charge on any atom is -0.452 e. The summed E-state index contributed by atoms with van der Waals surface area (Å²) in [5, 5.41) is 9.45. The molecule has 0 unspecified atom stereocenters. The predicted molar refractivity (Wildman–Crippen MR) is 99.1 cm³/mol. The quantitative estimate of drug-likeness (QED) is 0.647. The number of likely N-dealkylation sites (N-methyl/N-ethyl adjacent to an activating group) is 1. The van der Waals surface area contributed by atoms with Gasteiger partial charge < -0.3 is 4.74 Å². The molecule has 0 radical (unpaired) electrons. The first kappa shape index (κ1) is 17.6. The van der Waals surface area contributed by atoms with E-state index in [9.17, 15) is 9.59 Å². The monoisotopic (exact) mass is 365 g/mol. The van der Waals surface area contributed by atoms with Crippen molar-refractivity contribution in [1.29, 1.82) is 5.26 Å². The second kappa shape index (κ2) is 7.76. The van der Waals surface area contributed by atoms with Crippen molar-refractivity contribution in [2.45, 2.75) is 6.92 Å². The van der Waals surface area contributed by atoms with Crippen LogP contribution in [0, 0.1) is 11.3 Å². The topological polar surface area (TPSA) is 83.3 Å². The van der Waals surface area contributed by atoms with E-state index in [1.807, 2.05) is 37.3 Å². The number of carbonyl (C=O) groups excluding carboxylic acids is 2. The first-order valence-corrected chi connectivity index (χ1v) is 8.77. The lowest BCUT2D eigenvalue weighted by Crippen LogP contribution is -2.34. The van der Waals surface area contributed by atoms with Crippen molar-refractivity contribution in [3.8, 4) is 6.07 Å². The summed E-state index contributed by atoms with van der Waals surface area (Å²) in [4.78, 5) is 30.5. The van der Waals surface area contributed by atoms with Crippen LogP contribution in [0.15, 0.2) is 48.5 Å². The number of para-hydroxylation sites is 1. The Kier molecular flexibility index (Phi) is 5.25. The molecular weight excluding hydrogens is 350 g/mol. The van der Waals surface area contributed by atoms with E-state index < -0.39 is 5.97 Å². The van der Waals surface area contributed by atoms with E-state index in [0.29, 0.717) is 17.2 Å². The first-order valence-electron chi connectivity index (χ1n) is 7.95. The highest BCUT2D eigenvalue weighted by molar-refractivity contribution is 7.22. The lowest BCUT2D eigenvalue weighted by atomic mass is 10.1. The fourth-order valence-electron chi connectivity index (χ4n) is 2.40. The van der Waals surface area contributed by atoms with Crippen molar-refractivity contribution >= 4 is 38.6 Å². The summed E-state index contributed by atoms with van der Waals surface area (Å²) in [6.45, 7) is 1.86. The molecule has 0 bridgehead atoms. The van der Waals surface area contributed by atoms with Crippen LogP contribution in [0.3, 0.4) is 0 Å². The van der Waals surface area contributed by atoms with Crippen LogP contribution in [-0.2, 0) is 9.53 Å². The number of aromatic nitrogens is 1. The fourth-order valence-corrected chi connectivity index (χ4v) is 3.44. The van der Waals surface area contributed by atoms with E-state index in [1.165, 1.54) is 22.3 Å². The Morgan fingerprint density at radius 1 is 1.23 bits per heavy atom. The number of thiazole rings is 1. The molecule has 3 aromatic rings. The molecule has 0 saturated carbocycles. The number of carbonyl (C=O) groups is 2. The van der Waals surface area contributed by atoms with Crippen LogP contribution in [0.4, 0.5) is 5.13 Å². The summed E-state index contributed by atoms with van der Waals surface area (Å²) in [6.07, 6.45) is 0. The van der Waals surface area contributed by atoms with Crippen molar-refractivity contribution in [2.24, 2.45) is 0 Å². The van der Waals surface area contributed by atoms with Crippen LogP contribution >= 0.6 is 11.3 Å². The lowest BCUT2D eigenvalue weighted by Gasteiger charge is -2.17. The molecule has 0 atom stereocenters. The lowest BCUT2D eigenvalue weighted by molar-refractivity contribution is -0.121. The van der Waals surface area contributed by atoms with E-state index in [2.05, 4.69) is 4.98 Å². The Bertz CT molecular complexity index is 973. The van der Waals surface area contributed by atoms with Gasteiger partial charge >= 0.3 is 5.97 Å². The highest BCUT2D eigenvalue weighted by Gasteiger charge is 2.20. The zero-order valence-corrected chi connectivity index (χ0v) is 14.8. The maximum Gasteiger partial charge on any atom is 0.338 e. The number of hydrogen-bond donors (Lipinski definition) is 0. The molecule has 0 saturated heterocycles. The molecule has 0 aliphatic carbocycles. The maximum absolute atomic E-state index is 12.5. The van der Waals surface area contributed by atoms with Gasteiger partial charge in [-0.2, -0.15) is 5.26 Å². The molecule has 0 aliphatic rings. The number of ether oxygens (including phenoxy) is 1. The van der Waals surface area contributed by atoms with Gasteiger partial charge in [-0.3, -0.25) is 9.69 Å². The van der Waals surface area contributed by atoms with Gasteiger partial charge in [0.25, 0.3) is 5.91 Å². The molecule has 1 aromatic heterocycles. The van der Waals surface area contributed by atoms with Gasteiger partial charge in [0.05, 0.1) is 27.4 Å². The standard InChI is InChI=1S/C19H15N3O3S/c1-2-22(19-21-15-8-3-4-9-16(15)26-19)17(23)12-25-18(24)14-7-5-6-13(10-14)11-20/h3-10H,2,12H2,1H3. The number of esters is 1. The van der Waals surface area contributed by atoms with Gasteiger partial charge in [0.1, 0.15) is 0 Å². The van der Waals surface area contributed by atoms with E-state index in [1.54, 1.807) is 18.2 Å². The number of nitriles is 1. The number of rotatable bonds is 5. The summed E-state index contributed by atoms with van der Waals surface area (Å²) >= 11 is 1.41. The number of fused-ring (bicyclic) bond motifs is 1. The van der Waals surface area contributed by atoms with Crippen molar-refractivity contribution < 1.29 is 14.3 Å². The first-order chi connectivity index (χ1) is 12.6. The number of benzene rings is 2. The van der Waals surface area contributed by atoms with Gasteiger partial charge in [-0.25, -0.2) is 9.78 Å². The molecule has 0 N–H and O–H groups in total. The average molecular weight is 365 g/mol. The van der Waals surface area contributed by atoms with Crippen LogP contribution < -0.4 is 4.90 Å². The molecule has 0 fully saturated rings. The normalized spacial score (nSPS) is 10.3. The third-order valence-electron chi connectivity index (χ3n) is 3.68. The maximum atomic E-state index is 12.5. The van der Waals surface area contributed by atoms with Crippen LogP contribution in [-0.4, -0.2) is 30.0 Å². The molecule has 0 aliphatic heterocycles. The average Bonchev–Trinajstić information content (AvgIpc) is 3.10. The van der Waals surface area contributed by atoms with Crippen molar-refractivity contribution in [3.05, 3.63) is 59.7 Å². The number of nitrogens with zero attached hydrogens (tertiary/aromatic N) is 3. The number of anilines is 1. The Morgan fingerprint density at radius 2 is 2.04 bits per heavy atom. The third kappa shape index (κ3) is 3.71. The minimum atomic E-state index is -0.643. The van der Waals surface area contributed by atoms with E-state index >= 15 is 0 Å². The molecule has 1 amide bonds. The van der Waals surface area contributed by atoms with Gasteiger partial charge in [-0.05, 0) is 37.3 Å². The van der Waals surface area contributed by atoms with Crippen LogP contribution in [0.2, 0.25) is 0 Å². The molecule has 3 rings (SSSR count). The molecule has 1 heterocycles. The second-order valence-electron chi connectivity index (χ2n) is 5.37. The van der Waals surface area contributed by atoms with Crippen LogP contribution in [0.25, 0.3) is 10.2 Å². The van der Waals surface area contributed by atoms with Gasteiger partial charge in [0.2, 0.25) is 0 Å².